The van der Waals surface area contributed by atoms with Crippen LogP contribution in [0.15, 0.2) is 36.7 Å². The quantitative estimate of drug-likeness (QED) is 0.792. The van der Waals surface area contributed by atoms with Crippen LogP contribution in [-0.4, -0.2) is 49.3 Å². The fourth-order valence-electron chi connectivity index (χ4n) is 4.30. The molecule has 0 amide bonds. The van der Waals surface area contributed by atoms with Gasteiger partial charge in [0.05, 0.1) is 12.8 Å². The first kappa shape index (κ1) is 18.8. The predicted molar refractivity (Wildman–Crippen MR) is 115 cm³/mol. The van der Waals surface area contributed by atoms with Crippen molar-refractivity contribution in [1.29, 1.82) is 0 Å². The third kappa shape index (κ3) is 4.49. The van der Waals surface area contributed by atoms with E-state index in [1.165, 1.54) is 44.2 Å². The topological polar surface area (TPSA) is 53.5 Å². The van der Waals surface area contributed by atoms with Crippen LogP contribution >= 0.6 is 0 Å². The summed E-state index contributed by atoms with van der Waals surface area (Å²) in [5, 5.41) is 3.65. The average Bonchev–Trinajstić information content (AvgIpc) is 3.03. The molecule has 2 heterocycles. The molecule has 2 aliphatic rings. The van der Waals surface area contributed by atoms with Crippen molar-refractivity contribution in [2.24, 2.45) is 0 Å². The van der Waals surface area contributed by atoms with Crippen LogP contribution in [0.4, 0.5) is 17.3 Å². The van der Waals surface area contributed by atoms with E-state index in [1.807, 2.05) is 12.1 Å². The molecule has 4 rings (SSSR count). The number of benzene rings is 1. The number of aromatic nitrogens is 2. The Morgan fingerprint density at radius 2 is 1.64 bits per heavy atom. The minimum atomic E-state index is 0.549. The van der Waals surface area contributed by atoms with Crippen LogP contribution in [0.5, 0.6) is 5.75 Å². The third-order valence-electron chi connectivity index (χ3n) is 5.89. The van der Waals surface area contributed by atoms with Crippen LogP contribution in [0.2, 0.25) is 0 Å². The summed E-state index contributed by atoms with van der Waals surface area (Å²) in [7, 11) is 1.73. The molecule has 0 spiro atoms. The molecule has 0 atom stereocenters. The molecule has 1 saturated heterocycles. The van der Waals surface area contributed by atoms with Gasteiger partial charge in [0.1, 0.15) is 23.7 Å². The van der Waals surface area contributed by atoms with Gasteiger partial charge in [-0.1, -0.05) is 37.8 Å². The number of hydrogen-bond acceptors (Lipinski definition) is 6. The number of methoxy groups -OCH3 is 1. The molecule has 1 saturated carbocycles. The van der Waals surface area contributed by atoms with Crippen LogP contribution in [0, 0.1) is 0 Å². The van der Waals surface area contributed by atoms with Crippen LogP contribution in [0.1, 0.15) is 38.5 Å². The predicted octanol–water partition coefficient (Wildman–Crippen LogP) is 3.95. The fraction of sp³-hybridized carbons (Fsp3) is 0.545. The maximum absolute atomic E-state index is 5.52. The van der Waals surface area contributed by atoms with Gasteiger partial charge in [0.15, 0.2) is 0 Å². The standard InChI is InChI=1S/C22H31N5O/c1-28-20-11-7-6-10-19(20)26-12-14-27(15-13-26)22-16-21(23-17-24-22)25-18-8-4-2-3-5-9-18/h6-7,10-11,16-18H,2-5,8-9,12-15H2,1H3,(H,23,24,25). The maximum Gasteiger partial charge on any atom is 0.142 e. The van der Waals surface area contributed by atoms with Gasteiger partial charge in [-0.15, -0.1) is 0 Å². The molecule has 0 unspecified atom stereocenters. The zero-order valence-corrected chi connectivity index (χ0v) is 16.8. The number of rotatable bonds is 5. The molecule has 1 aromatic carbocycles. The summed E-state index contributed by atoms with van der Waals surface area (Å²) in [6, 6.07) is 10.9. The summed E-state index contributed by atoms with van der Waals surface area (Å²) >= 11 is 0. The number of nitrogens with zero attached hydrogens (tertiary/aromatic N) is 4. The number of para-hydroxylation sites is 2. The van der Waals surface area contributed by atoms with E-state index < -0.39 is 0 Å². The highest BCUT2D eigenvalue weighted by molar-refractivity contribution is 5.60. The first-order valence-corrected chi connectivity index (χ1v) is 10.5. The highest BCUT2D eigenvalue weighted by Crippen LogP contribution is 2.29. The molecule has 28 heavy (non-hydrogen) atoms. The van der Waals surface area contributed by atoms with Crippen molar-refractivity contribution < 1.29 is 4.74 Å². The van der Waals surface area contributed by atoms with Gasteiger partial charge in [0, 0.05) is 38.3 Å². The van der Waals surface area contributed by atoms with Crippen molar-refractivity contribution >= 4 is 17.3 Å². The van der Waals surface area contributed by atoms with Crippen LogP contribution in [0.3, 0.4) is 0 Å². The normalized spacial score (nSPS) is 18.6. The molecule has 1 aliphatic carbocycles. The van der Waals surface area contributed by atoms with Crippen molar-refractivity contribution in [3.63, 3.8) is 0 Å². The van der Waals surface area contributed by atoms with E-state index >= 15 is 0 Å². The lowest BCUT2D eigenvalue weighted by Gasteiger charge is -2.37. The zero-order chi connectivity index (χ0) is 19.2. The summed E-state index contributed by atoms with van der Waals surface area (Å²) in [5.74, 6) is 2.92. The zero-order valence-electron chi connectivity index (χ0n) is 16.8. The SMILES string of the molecule is COc1ccccc1N1CCN(c2cc(NC3CCCCCC3)ncn2)CC1. The molecule has 2 aromatic rings. The first-order chi connectivity index (χ1) is 13.8. The van der Waals surface area contributed by atoms with E-state index in [2.05, 4.69) is 43.3 Å². The number of hydrogen-bond donors (Lipinski definition) is 1. The molecule has 6 nitrogen and oxygen atoms in total. The Morgan fingerprint density at radius 3 is 2.39 bits per heavy atom. The number of piperazine rings is 1. The average molecular weight is 382 g/mol. The Hall–Kier alpha value is -2.50. The van der Waals surface area contributed by atoms with E-state index in [9.17, 15) is 0 Å². The molecular weight excluding hydrogens is 350 g/mol. The van der Waals surface area contributed by atoms with Gasteiger partial charge in [0.25, 0.3) is 0 Å². The second kappa shape index (κ2) is 9.13. The fourth-order valence-corrected chi connectivity index (χ4v) is 4.30. The summed E-state index contributed by atoms with van der Waals surface area (Å²) < 4.78 is 5.52. The van der Waals surface area contributed by atoms with Crippen LogP contribution in [0.25, 0.3) is 0 Å². The summed E-state index contributed by atoms with van der Waals surface area (Å²) in [6.45, 7) is 3.79. The van der Waals surface area contributed by atoms with E-state index in [0.29, 0.717) is 6.04 Å². The largest absolute Gasteiger partial charge is 0.495 e. The molecule has 0 bridgehead atoms. The molecule has 150 valence electrons. The minimum absolute atomic E-state index is 0.549. The summed E-state index contributed by atoms with van der Waals surface area (Å²) in [6.07, 6.45) is 9.56. The Kier molecular flexibility index (Phi) is 6.14. The maximum atomic E-state index is 5.52. The van der Waals surface area contributed by atoms with E-state index in [0.717, 1.165) is 43.6 Å². The van der Waals surface area contributed by atoms with E-state index in [1.54, 1.807) is 13.4 Å². The lowest BCUT2D eigenvalue weighted by atomic mass is 10.1. The van der Waals surface area contributed by atoms with Gasteiger partial charge in [-0.3, -0.25) is 0 Å². The van der Waals surface area contributed by atoms with Gasteiger partial charge in [0.2, 0.25) is 0 Å². The van der Waals surface area contributed by atoms with Crippen molar-refractivity contribution in [1.82, 2.24) is 9.97 Å². The monoisotopic (exact) mass is 381 g/mol. The molecule has 1 aliphatic heterocycles. The molecule has 0 radical (unpaired) electrons. The Labute approximate surface area is 167 Å². The van der Waals surface area contributed by atoms with Gasteiger partial charge in [-0.25, -0.2) is 9.97 Å². The van der Waals surface area contributed by atoms with E-state index in [4.69, 9.17) is 4.74 Å². The second-order valence-corrected chi connectivity index (χ2v) is 7.74. The molecule has 2 fully saturated rings. The first-order valence-electron chi connectivity index (χ1n) is 10.5. The van der Waals surface area contributed by atoms with Crippen molar-refractivity contribution in [3.05, 3.63) is 36.7 Å². The van der Waals surface area contributed by atoms with Gasteiger partial charge < -0.3 is 19.9 Å². The smallest absolute Gasteiger partial charge is 0.142 e. The molecule has 1 N–H and O–H groups in total. The van der Waals surface area contributed by atoms with Crippen molar-refractivity contribution in [2.45, 2.75) is 44.6 Å². The number of nitrogens with one attached hydrogen (secondary N) is 1. The van der Waals surface area contributed by atoms with Crippen LogP contribution < -0.4 is 19.9 Å². The number of anilines is 3. The molecular formula is C22H31N5O. The van der Waals surface area contributed by atoms with Crippen LogP contribution in [-0.2, 0) is 0 Å². The molecule has 1 aromatic heterocycles. The lowest BCUT2D eigenvalue weighted by molar-refractivity contribution is 0.413. The lowest BCUT2D eigenvalue weighted by Crippen LogP contribution is -2.47. The number of ether oxygens (including phenoxy) is 1. The van der Waals surface area contributed by atoms with Gasteiger partial charge in [-0.2, -0.15) is 0 Å². The van der Waals surface area contributed by atoms with E-state index in [-0.39, 0.29) is 0 Å². The summed E-state index contributed by atoms with van der Waals surface area (Å²) in [5.41, 5.74) is 1.17. The molecule has 6 heteroatoms. The van der Waals surface area contributed by atoms with Crippen molar-refractivity contribution in [2.75, 3.05) is 48.4 Å². The van der Waals surface area contributed by atoms with Gasteiger partial charge in [-0.05, 0) is 25.0 Å². The van der Waals surface area contributed by atoms with Gasteiger partial charge >= 0.3 is 0 Å². The highest BCUT2D eigenvalue weighted by atomic mass is 16.5. The Balaban J connectivity index is 1.38. The highest BCUT2D eigenvalue weighted by Gasteiger charge is 2.21. The summed E-state index contributed by atoms with van der Waals surface area (Å²) in [4.78, 5) is 13.7. The minimum Gasteiger partial charge on any atom is -0.495 e. The third-order valence-corrected chi connectivity index (χ3v) is 5.89. The Morgan fingerprint density at radius 1 is 0.929 bits per heavy atom. The second-order valence-electron chi connectivity index (χ2n) is 7.74. The van der Waals surface area contributed by atoms with Crippen molar-refractivity contribution in [3.8, 4) is 5.75 Å². The Bertz CT molecular complexity index is 752.